The molecule has 12 atom stereocenters. The Bertz CT molecular complexity index is 1670. The third-order valence-corrected chi connectivity index (χ3v) is 12.2. The molecule has 0 aliphatic carbocycles. The number of ether oxygens (including phenoxy) is 4. The maximum atomic E-state index is 13.1. The second-order valence-electron chi connectivity index (χ2n) is 18.3. The van der Waals surface area contributed by atoms with Crippen molar-refractivity contribution < 1.29 is 64.6 Å². The highest BCUT2D eigenvalue weighted by Gasteiger charge is 2.51. The first-order valence-corrected chi connectivity index (χ1v) is 26.8. The summed E-state index contributed by atoms with van der Waals surface area (Å²) in [4.78, 5) is 13.1. The van der Waals surface area contributed by atoms with Crippen molar-refractivity contribution >= 4 is 5.91 Å². The van der Waals surface area contributed by atoms with Crippen LogP contribution in [0.15, 0.2) is 122 Å². The van der Waals surface area contributed by atoms with Gasteiger partial charge in [0.15, 0.2) is 12.6 Å². The second kappa shape index (κ2) is 42.7. The van der Waals surface area contributed by atoms with Crippen LogP contribution in [0.4, 0.5) is 0 Å². The molecule has 2 fully saturated rings. The van der Waals surface area contributed by atoms with Crippen LogP contribution >= 0.6 is 0 Å². The molecule has 72 heavy (non-hydrogen) atoms. The van der Waals surface area contributed by atoms with Gasteiger partial charge in [0.05, 0.1) is 32.0 Å². The monoisotopic (exact) mass is 1010 g/mol. The molecule has 0 saturated carbocycles. The van der Waals surface area contributed by atoms with Gasteiger partial charge in [-0.05, 0) is 89.9 Å². The Labute approximate surface area is 431 Å². The lowest BCUT2D eigenvalue weighted by Crippen LogP contribution is -2.65. The van der Waals surface area contributed by atoms with E-state index in [9.17, 15) is 45.6 Å². The van der Waals surface area contributed by atoms with Crippen molar-refractivity contribution in [2.45, 2.75) is 216 Å². The number of carbonyl (C=O) groups is 1. The highest BCUT2D eigenvalue weighted by atomic mass is 16.7. The van der Waals surface area contributed by atoms with Gasteiger partial charge in [-0.15, -0.1) is 0 Å². The van der Waals surface area contributed by atoms with Crippen LogP contribution in [0.25, 0.3) is 0 Å². The number of allylic oxidation sites excluding steroid dienone is 19. The number of carbonyl (C=O) groups excluding carboxylic acids is 1. The van der Waals surface area contributed by atoms with E-state index in [1.165, 1.54) is 6.42 Å². The van der Waals surface area contributed by atoms with Gasteiger partial charge in [-0.25, -0.2) is 0 Å². The van der Waals surface area contributed by atoms with E-state index < -0.39 is 86.8 Å². The van der Waals surface area contributed by atoms with Gasteiger partial charge >= 0.3 is 0 Å². The Morgan fingerprint density at radius 3 is 1.46 bits per heavy atom. The van der Waals surface area contributed by atoms with E-state index in [-0.39, 0.29) is 18.9 Å². The average Bonchev–Trinajstić information content (AvgIpc) is 3.38. The van der Waals surface area contributed by atoms with E-state index in [4.69, 9.17) is 18.9 Å². The average molecular weight is 1010 g/mol. The Hall–Kier alpha value is -3.61. The number of aliphatic hydroxyl groups is 8. The fraction of sp³-hybridized carbons (Fsp3) is 0.638. The largest absolute Gasteiger partial charge is 0.394 e. The van der Waals surface area contributed by atoms with Crippen molar-refractivity contribution in [3.8, 4) is 0 Å². The summed E-state index contributed by atoms with van der Waals surface area (Å²) >= 11 is 0. The van der Waals surface area contributed by atoms with Gasteiger partial charge in [0.25, 0.3) is 0 Å². The Morgan fingerprint density at radius 1 is 0.514 bits per heavy atom. The zero-order chi connectivity index (χ0) is 52.4. The summed E-state index contributed by atoms with van der Waals surface area (Å²) in [5.41, 5.74) is 0. The van der Waals surface area contributed by atoms with E-state index in [1.54, 1.807) is 6.08 Å². The van der Waals surface area contributed by atoms with E-state index in [1.807, 2.05) is 6.08 Å². The van der Waals surface area contributed by atoms with Gasteiger partial charge in [0, 0.05) is 6.42 Å². The Morgan fingerprint density at radius 2 is 0.958 bits per heavy atom. The maximum Gasteiger partial charge on any atom is 0.220 e. The fourth-order valence-corrected chi connectivity index (χ4v) is 7.81. The van der Waals surface area contributed by atoms with E-state index in [0.717, 1.165) is 109 Å². The third kappa shape index (κ3) is 28.7. The molecule has 9 N–H and O–H groups in total. The predicted octanol–water partition coefficient (Wildman–Crippen LogP) is 7.88. The van der Waals surface area contributed by atoms with Crippen molar-refractivity contribution in [1.82, 2.24) is 5.32 Å². The minimum absolute atomic E-state index is 0.231. The van der Waals surface area contributed by atoms with Crippen molar-refractivity contribution in [3.05, 3.63) is 122 Å². The molecular formula is C58H93NO13. The van der Waals surface area contributed by atoms with E-state index in [0.29, 0.717) is 6.42 Å². The summed E-state index contributed by atoms with van der Waals surface area (Å²) in [7, 11) is 0. The van der Waals surface area contributed by atoms with Crippen LogP contribution in [0.2, 0.25) is 0 Å². The molecule has 0 spiro atoms. The lowest BCUT2D eigenvalue weighted by molar-refractivity contribution is -0.359. The van der Waals surface area contributed by atoms with Crippen molar-refractivity contribution in [2.75, 3.05) is 19.8 Å². The summed E-state index contributed by atoms with van der Waals surface area (Å²) < 4.78 is 22.6. The molecule has 2 aliphatic rings. The summed E-state index contributed by atoms with van der Waals surface area (Å²) in [5, 5.41) is 86.4. The normalized spacial score (nSPS) is 26.6. The molecule has 2 saturated heterocycles. The fourth-order valence-electron chi connectivity index (χ4n) is 7.81. The van der Waals surface area contributed by atoms with Crippen LogP contribution in [0, 0.1) is 0 Å². The summed E-state index contributed by atoms with van der Waals surface area (Å²) in [6.45, 7) is 2.54. The van der Waals surface area contributed by atoms with E-state index >= 15 is 0 Å². The van der Waals surface area contributed by atoms with Gasteiger partial charge in [-0.2, -0.15) is 0 Å². The molecule has 0 bridgehead atoms. The number of hydrogen-bond acceptors (Lipinski definition) is 13. The van der Waals surface area contributed by atoms with Gasteiger partial charge in [-0.3, -0.25) is 4.79 Å². The zero-order valence-electron chi connectivity index (χ0n) is 43.4. The molecule has 408 valence electrons. The molecule has 2 aliphatic heterocycles. The smallest absolute Gasteiger partial charge is 0.220 e. The standard InChI is InChI=1S/C58H93NO13/c1-3-5-7-9-11-12-13-14-15-16-17-18-19-20-21-22-23-24-25-26-27-28-29-30-31-32-33-34-36-38-40-42-50(63)59-46(47(62)41-39-37-35-10-8-6-4-2)45-69-57-55(68)53(66)56(49(44-61)71-57)72-58-54(67)52(65)51(64)48(43-60)70-58/h5,7,11-12,14-15,17-18,20-21,23-24,26-27,29-30,32-33,39,41,46-49,51-58,60-62,64-68H,3-4,6,8-10,13,16,19,22,25,28,31,34-38,40,42-45H2,1-2H3,(H,59,63)/b7-5-,12-11-,15-14-,18-17-,21-20-,24-23-,27-26-,30-29-,33-32-,41-39+. The molecule has 0 aromatic rings. The SMILES string of the molecule is CC/C=C\C/C=C\C/C=C\C/C=C\C/C=C\C/C=C\C/C=C\C/C=C\C/C=C\CCCCCC(=O)NC(COC1OC(CO)C(OC2OC(CO)C(O)C(O)C2O)C(O)C1O)C(O)/C=C/CCCCCCC. The second-order valence-corrected chi connectivity index (χ2v) is 18.3. The van der Waals surface area contributed by atoms with Crippen LogP contribution in [0.1, 0.15) is 142 Å². The van der Waals surface area contributed by atoms with Crippen molar-refractivity contribution in [1.29, 1.82) is 0 Å². The zero-order valence-corrected chi connectivity index (χ0v) is 43.4. The summed E-state index contributed by atoms with van der Waals surface area (Å²) in [6.07, 6.45) is 44.2. The highest BCUT2D eigenvalue weighted by molar-refractivity contribution is 5.76. The van der Waals surface area contributed by atoms with Crippen LogP contribution in [0.3, 0.4) is 0 Å². The molecule has 2 heterocycles. The lowest BCUT2D eigenvalue weighted by Gasteiger charge is -2.46. The first-order chi connectivity index (χ1) is 35.1. The quantitative estimate of drug-likeness (QED) is 0.0211. The molecule has 0 aromatic carbocycles. The molecule has 12 unspecified atom stereocenters. The minimum Gasteiger partial charge on any atom is -0.394 e. The predicted molar refractivity (Wildman–Crippen MR) is 285 cm³/mol. The topological polar surface area (TPSA) is 228 Å². The molecule has 14 nitrogen and oxygen atoms in total. The van der Waals surface area contributed by atoms with Gasteiger partial charge < -0.3 is 65.1 Å². The first-order valence-electron chi connectivity index (χ1n) is 26.8. The highest BCUT2D eigenvalue weighted by Crippen LogP contribution is 2.30. The van der Waals surface area contributed by atoms with Crippen LogP contribution < -0.4 is 5.32 Å². The number of nitrogens with one attached hydrogen (secondary N) is 1. The number of hydrogen-bond donors (Lipinski definition) is 9. The first kappa shape index (κ1) is 64.5. The molecule has 2 rings (SSSR count). The van der Waals surface area contributed by atoms with Crippen LogP contribution in [0.5, 0.6) is 0 Å². The summed E-state index contributed by atoms with van der Waals surface area (Å²) in [5.74, 6) is -0.283. The van der Waals surface area contributed by atoms with Gasteiger partial charge in [-0.1, -0.05) is 167 Å². The Balaban J connectivity index is 1.70. The maximum absolute atomic E-state index is 13.1. The van der Waals surface area contributed by atoms with Crippen molar-refractivity contribution in [2.24, 2.45) is 0 Å². The molecule has 0 aromatic heterocycles. The van der Waals surface area contributed by atoms with Crippen LogP contribution in [-0.2, 0) is 23.7 Å². The van der Waals surface area contributed by atoms with Gasteiger partial charge in [0.2, 0.25) is 5.91 Å². The Kier molecular flexibility index (Phi) is 38.3. The summed E-state index contributed by atoms with van der Waals surface area (Å²) in [6, 6.07) is -0.938. The number of rotatable bonds is 39. The van der Waals surface area contributed by atoms with Crippen molar-refractivity contribution in [3.63, 3.8) is 0 Å². The number of aliphatic hydroxyl groups excluding tert-OH is 8. The number of unbranched alkanes of at least 4 members (excludes halogenated alkanes) is 8. The van der Waals surface area contributed by atoms with E-state index in [2.05, 4.69) is 129 Å². The number of amides is 1. The third-order valence-electron chi connectivity index (χ3n) is 12.2. The lowest BCUT2D eigenvalue weighted by atomic mass is 9.97. The minimum atomic E-state index is -1.80. The molecule has 14 heteroatoms. The molecular weight excluding hydrogens is 919 g/mol. The molecule has 0 radical (unpaired) electrons. The van der Waals surface area contributed by atoms with Crippen LogP contribution in [-0.4, -0.2) is 140 Å². The van der Waals surface area contributed by atoms with Gasteiger partial charge in [0.1, 0.15) is 48.8 Å². The molecule has 1 amide bonds.